The first kappa shape index (κ1) is 8.54. The van der Waals surface area contributed by atoms with Gasteiger partial charge in [-0.1, -0.05) is 39.3 Å². The summed E-state index contributed by atoms with van der Waals surface area (Å²) in [6, 6.07) is 0. The quantitative estimate of drug-likeness (QED) is 0.578. The summed E-state index contributed by atoms with van der Waals surface area (Å²) in [6.45, 7) is 4.45. The summed E-state index contributed by atoms with van der Waals surface area (Å²) >= 11 is 3.60. The molecule has 0 bridgehead atoms. The minimum Gasteiger partial charge on any atom is -0.157 e. The Morgan fingerprint density at radius 2 is 1.50 bits per heavy atom. The Hall–Kier alpha value is 0.545. The van der Waals surface area contributed by atoms with E-state index in [4.69, 9.17) is 0 Å². The van der Waals surface area contributed by atoms with Crippen molar-refractivity contribution in [3.8, 4) is 0 Å². The van der Waals surface area contributed by atoms with Crippen LogP contribution < -0.4 is 0 Å². The van der Waals surface area contributed by atoms with Crippen molar-refractivity contribution in [3.05, 3.63) is 0 Å². The van der Waals surface area contributed by atoms with Crippen molar-refractivity contribution in [2.24, 2.45) is 0 Å². The Morgan fingerprint density at radius 1 is 1.12 bits per heavy atom. The fraction of sp³-hybridized carbons (Fsp3) is 1.00. The summed E-state index contributed by atoms with van der Waals surface area (Å²) in [6.07, 6.45) is 5.26. The predicted octanol–water partition coefficient (Wildman–Crippen LogP) is 3.19. The lowest BCUT2D eigenvalue weighted by atomic mass is 9.69. The standard InChI is InChI=1S/C6H14BBr/c1-3-5-7(8)6-4-2/h3-6H2,1-2H3. The molecule has 0 aromatic rings. The summed E-state index contributed by atoms with van der Waals surface area (Å²) in [4.78, 5) is 0. The lowest BCUT2D eigenvalue weighted by Gasteiger charge is -1.98. The van der Waals surface area contributed by atoms with Crippen LogP contribution in [0.1, 0.15) is 26.7 Å². The molecule has 0 amide bonds. The molecule has 0 nitrogen and oxygen atoms in total. The fourth-order valence-electron chi connectivity index (χ4n) is 0.771. The molecule has 0 saturated carbocycles. The van der Waals surface area contributed by atoms with E-state index in [0.717, 1.165) is 5.54 Å². The molecular formula is C6H14BBr. The van der Waals surface area contributed by atoms with Gasteiger partial charge in [-0.3, -0.25) is 0 Å². The van der Waals surface area contributed by atoms with Crippen LogP contribution in [-0.4, -0.2) is 5.54 Å². The van der Waals surface area contributed by atoms with E-state index < -0.39 is 0 Å². The van der Waals surface area contributed by atoms with Gasteiger partial charge in [0.2, 0.25) is 5.54 Å². The van der Waals surface area contributed by atoms with Gasteiger partial charge in [-0.25, -0.2) is 0 Å². The Kier molecular flexibility index (Phi) is 6.06. The van der Waals surface area contributed by atoms with Crippen LogP contribution in [-0.2, 0) is 0 Å². The Labute approximate surface area is 61.1 Å². The van der Waals surface area contributed by atoms with Crippen molar-refractivity contribution < 1.29 is 0 Å². The van der Waals surface area contributed by atoms with Gasteiger partial charge in [0.1, 0.15) is 0 Å². The average Bonchev–Trinajstić information content (AvgIpc) is 1.68. The zero-order valence-corrected chi connectivity index (χ0v) is 7.37. The Bertz CT molecular complexity index is 41.8. The third kappa shape index (κ3) is 4.70. The Morgan fingerprint density at radius 3 is 1.75 bits per heavy atom. The van der Waals surface area contributed by atoms with Gasteiger partial charge in [0.05, 0.1) is 0 Å². The monoisotopic (exact) mass is 176 g/mol. The minimum atomic E-state index is 0.775. The molecular weight excluding hydrogens is 163 g/mol. The third-order valence-electron chi connectivity index (χ3n) is 1.20. The van der Waals surface area contributed by atoms with Gasteiger partial charge >= 0.3 is 0 Å². The molecule has 0 spiro atoms. The van der Waals surface area contributed by atoms with E-state index in [9.17, 15) is 0 Å². The van der Waals surface area contributed by atoms with Crippen LogP contribution in [0.3, 0.4) is 0 Å². The van der Waals surface area contributed by atoms with E-state index in [1.54, 1.807) is 0 Å². The molecule has 0 aliphatic carbocycles. The highest BCUT2D eigenvalue weighted by molar-refractivity contribution is 9.24. The average molecular weight is 177 g/mol. The Balaban J connectivity index is 2.92. The molecule has 2 heteroatoms. The van der Waals surface area contributed by atoms with Crippen molar-refractivity contribution in [2.75, 3.05) is 0 Å². The highest BCUT2D eigenvalue weighted by Gasteiger charge is 2.04. The van der Waals surface area contributed by atoms with Crippen LogP contribution in [0.15, 0.2) is 0 Å². The number of rotatable bonds is 4. The fourth-order valence-corrected chi connectivity index (χ4v) is 1.69. The van der Waals surface area contributed by atoms with Gasteiger partial charge in [0.15, 0.2) is 0 Å². The topological polar surface area (TPSA) is 0 Å². The summed E-state index contributed by atoms with van der Waals surface area (Å²) < 4.78 is 0. The smallest absolute Gasteiger partial charge is 0.157 e. The summed E-state index contributed by atoms with van der Waals surface area (Å²) in [7, 11) is 0. The van der Waals surface area contributed by atoms with Crippen molar-refractivity contribution in [3.63, 3.8) is 0 Å². The van der Waals surface area contributed by atoms with Crippen LogP contribution >= 0.6 is 15.8 Å². The zero-order valence-electron chi connectivity index (χ0n) is 5.78. The van der Waals surface area contributed by atoms with Crippen molar-refractivity contribution >= 4 is 21.3 Å². The van der Waals surface area contributed by atoms with Gasteiger partial charge < -0.3 is 0 Å². The first-order valence-electron chi connectivity index (χ1n) is 3.45. The molecule has 0 aromatic heterocycles. The molecule has 48 valence electrons. The third-order valence-corrected chi connectivity index (χ3v) is 2.12. The van der Waals surface area contributed by atoms with Crippen molar-refractivity contribution in [1.29, 1.82) is 0 Å². The summed E-state index contributed by atoms with van der Waals surface area (Å²) in [5.41, 5.74) is 0.775. The highest BCUT2D eigenvalue weighted by Crippen LogP contribution is 2.10. The van der Waals surface area contributed by atoms with Gasteiger partial charge in [-0.05, 0) is 0 Å². The molecule has 0 unspecified atom stereocenters. The van der Waals surface area contributed by atoms with E-state index in [-0.39, 0.29) is 0 Å². The second-order valence-corrected chi connectivity index (χ2v) is 3.47. The summed E-state index contributed by atoms with van der Waals surface area (Å²) in [5, 5.41) is 0. The van der Waals surface area contributed by atoms with Crippen LogP contribution in [0, 0.1) is 0 Å². The lowest BCUT2D eigenvalue weighted by Crippen LogP contribution is -1.98. The maximum atomic E-state index is 3.60. The number of hydrogen-bond donors (Lipinski definition) is 0. The molecule has 0 rings (SSSR count). The molecule has 0 N–H and O–H groups in total. The van der Waals surface area contributed by atoms with Gasteiger partial charge in [-0.15, -0.1) is 0 Å². The molecule has 0 aliphatic rings. The van der Waals surface area contributed by atoms with Gasteiger partial charge in [0, 0.05) is 0 Å². The maximum Gasteiger partial charge on any atom is 0.222 e. The van der Waals surface area contributed by atoms with E-state index in [2.05, 4.69) is 29.6 Å². The molecule has 0 atom stereocenters. The lowest BCUT2D eigenvalue weighted by molar-refractivity contribution is 1.02. The molecule has 0 fully saturated rings. The van der Waals surface area contributed by atoms with Crippen LogP contribution in [0.4, 0.5) is 0 Å². The van der Waals surface area contributed by atoms with Crippen LogP contribution in [0.2, 0.25) is 12.6 Å². The molecule has 8 heavy (non-hydrogen) atoms. The largest absolute Gasteiger partial charge is 0.222 e. The van der Waals surface area contributed by atoms with E-state index >= 15 is 0 Å². The van der Waals surface area contributed by atoms with E-state index in [1.807, 2.05) is 0 Å². The first-order valence-corrected chi connectivity index (χ1v) is 4.36. The predicted molar refractivity (Wildman–Crippen MR) is 44.9 cm³/mol. The van der Waals surface area contributed by atoms with Crippen molar-refractivity contribution in [1.82, 2.24) is 0 Å². The normalized spacial score (nSPS) is 9.38. The second kappa shape index (κ2) is 5.68. The first-order chi connectivity index (χ1) is 3.81. The SMILES string of the molecule is CCCB(Br)CCC. The van der Waals surface area contributed by atoms with Crippen LogP contribution in [0.5, 0.6) is 0 Å². The molecule has 0 saturated heterocycles. The van der Waals surface area contributed by atoms with E-state index in [1.165, 1.54) is 25.5 Å². The number of halogens is 1. The maximum absolute atomic E-state index is 3.60. The zero-order chi connectivity index (χ0) is 6.41. The molecule has 0 aliphatic heterocycles. The van der Waals surface area contributed by atoms with Crippen molar-refractivity contribution in [2.45, 2.75) is 39.3 Å². The minimum absolute atomic E-state index is 0.775. The highest BCUT2D eigenvalue weighted by atomic mass is 79.9. The van der Waals surface area contributed by atoms with E-state index in [0.29, 0.717) is 0 Å². The summed E-state index contributed by atoms with van der Waals surface area (Å²) in [5.74, 6) is 0. The van der Waals surface area contributed by atoms with Gasteiger partial charge in [-0.2, -0.15) is 15.8 Å². The number of hydrogen-bond acceptors (Lipinski definition) is 0. The molecule has 0 radical (unpaired) electrons. The van der Waals surface area contributed by atoms with Crippen LogP contribution in [0.25, 0.3) is 0 Å². The molecule has 0 aromatic carbocycles. The van der Waals surface area contributed by atoms with Gasteiger partial charge in [0.25, 0.3) is 0 Å². The second-order valence-electron chi connectivity index (χ2n) is 2.17. The molecule has 0 heterocycles.